The molecule has 0 unspecified atom stereocenters. The van der Waals surface area contributed by atoms with Crippen LogP contribution in [0.2, 0.25) is 5.02 Å². The van der Waals surface area contributed by atoms with Crippen LogP contribution in [0, 0.1) is 0 Å². The number of hydrogen-bond acceptors (Lipinski definition) is 4. The highest BCUT2D eigenvalue weighted by Crippen LogP contribution is 2.16. The lowest BCUT2D eigenvalue weighted by Crippen LogP contribution is -2.44. The monoisotopic (exact) mass is 347 g/mol. The number of carbonyl (C=O) groups is 1. The maximum Gasteiger partial charge on any atom is 0.222 e. The Morgan fingerprint density at radius 1 is 1.25 bits per heavy atom. The van der Waals surface area contributed by atoms with Gasteiger partial charge in [-0.1, -0.05) is 23.7 Å². The van der Waals surface area contributed by atoms with Gasteiger partial charge in [0.2, 0.25) is 5.91 Å². The molecule has 6 nitrogen and oxygen atoms in total. The lowest BCUT2D eigenvalue weighted by Gasteiger charge is -2.32. The summed E-state index contributed by atoms with van der Waals surface area (Å²) >= 11 is 5.92. The van der Waals surface area contributed by atoms with Crippen LogP contribution in [0.4, 0.5) is 0 Å². The van der Waals surface area contributed by atoms with Crippen LogP contribution < -0.4 is 5.32 Å². The van der Waals surface area contributed by atoms with Crippen molar-refractivity contribution in [1.82, 2.24) is 25.0 Å². The Morgan fingerprint density at radius 2 is 2.00 bits per heavy atom. The minimum absolute atomic E-state index is 0.0849. The standard InChI is InChI=1S/C17H22ClN5O/c18-15-3-1-14(2-4-15)11-22-8-5-16(6-9-22)21-17(24)7-10-23-13-19-12-20-23/h1-4,12-13,16H,5-11H2,(H,21,24). The average Bonchev–Trinajstić information content (AvgIpc) is 3.10. The Labute approximate surface area is 146 Å². The molecule has 1 fully saturated rings. The molecule has 128 valence electrons. The number of amides is 1. The molecule has 0 radical (unpaired) electrons. The molecule has 1 aliphatic rings. The van der Waals surface area contributed by atoms with Gasteiger partial charge in [0.25, 0.3) is 0 Å². The van der Waals surface area contributed by atoms with Crippen LogP contribution in [0.5, 0.6) is 0 Å². The molecular formula is C17H22ClN5O. The molecule has 24 heavy (non-hydrogen) atoms. The summed E-state index contributed by atoms with van der Waals surface area (Å²) in [6.07, 6.45) is 5.52. The van der Waals surface area contributed by atoms with Crippen LogP contribution in [0.15, 0.2) is 36.9 Å². The summed E-state index contributed by atoms with van der Waals surface area (Å²) in [5.74, 6) is 0.0849. The zero-order valence-electron chi connectivity index (χ0n) is 13.6. The SMILES string of the molecule is O=C(CCn1cncn1)NC1CCN(Cc2ccc(Cl)cc2)CC1. The molecule has 0 aliphatic carbocycles. The van der Waals surface area contributed by atoms with Crippen molar-refractivity contribution >= 4 is 17.5 Å². The number of aromatic nitrogens is 3. The lowest BCUT2D eigenvalue weighted by molar-refractivity contribution is -0.122. The fourth-order valence-electron chi connectivity index (χ4n) is 2.95. The van der Waals surface area contributed by atoms with Crippen LogP contribution >= 0.6 is 11.6 Å². The Hall–Kier alpha value is -1.92. The second-order valence-corrected chi connectivity index (χ2v) is 6.59. The Kier molecular flexibility index (Phi) is 5.82. The molecule has 0 saturated carbocycles. The highest BCUT2D eigenvalue weighted by molar-refractivity contribution is 6.30. The number of aryl methyl sites for hydroxylation is 1. The van der Waals surface area contributed by atoms with E-state index in [4.69, 9.17) is 11.6 Å². The van der Waals surface area contributed by atoms with E-state index in [0.29, 0.717) is 13.0 Å². The van der Waals surface area contributed by atoms with Crippen molar-refractivity contribution in [1.29, 1.82) is 0 Å². The molecule has 1 N–H and O–H groups in total. The maximum absolute atomic E-state index is 12.0. The number of carbonyl (C=O) groups excluding carboxylic acids is 1. The van der Waals surface area contributed by atoms with Gasteiger partial charge in [-0.2, -0.15) is 5.10 Å². The normalized spacial score (nSPS) is 16.2. The molecule has 1 saturated heterocycles. The van der Waals surface area contributed by atoms with Crippen LogP contribution in [-0.4, -0.2) is 44.7 Å². The second-order valence-electron chi connectivity index (χ2n) is 6.15. The molecule has 1 amide bonds. The molecule has 0 bridgehead atoms. The summed E-state index contributed by atoms with van der Waals surface area (Å²) in [6, 6.07) is 8.27. The molecule has 0 spiro atoms. The number of nitrogens with zero attached hydrogens (tertiary/aromatic N) is 4. The largest absolute Gasteiger partial charge is 0.353 e. The van der Waals surface area contributed by atoms with E-state index < -0.39 is 0 Å². The number of rotatable bonds is 6. The van der Waals surface area contributed by atoms with E-state index in [-0.39, 0.29) is 11.9 Å². The first-order valence-electron chi connectivity index (χ1n) is 8.27. The molecule has 2 aromatic rings. The van der Waals surface area contributed by atoms with Crippen molar-refractivity contribution in [3.05, 3.63) is 47.5 Å². The third-order valence-corrected chi connectivity index (χ3v) is 4.56. The average molecular weight is 348 g/mol. The van der Waals surface area contributed by atoms with E-state index in [0.717, 1.165) is 37.5 Å². The Morgan fingerprint density at radius 3 is 2.67 bits per heavy atom. The summed E-state index contributed by atoms with van der Waals surface area (Å²) in [7, 11) is 0. The Bertz CT molecular complexity index is 636. The van der Waals surface area contributed by atoms with Gasteiger partial charge in [0, 0.05) is 37.1 Å². The lowest BCUT2D eigenvalue weighted by atomic mass is 10.0. The zero-order valence-corrected chi connectivity index (χ0v) is 14.3. The zero-order chi connectivity index (χ0) is 16.8. The summed E-state index contributed by atoms with van der Waals surface area (Å²) in [6.45, 7) is 3.50. The topological polar surface area (TPSA) is 63.1 Å². The molecule has 3 rings (SSSR count). The Balaban J connectivity index is 1.37. The third-order valence-electron chi connectivity index (χ3n) is 4.31. The molecule has 1 aromatic carbocycles. The quantitative estimate of drug-likeness (QED) is 0.869. The number of nitrogens with one attached hydrogen (secondary N) is 1. The predicted octanol–water partition coefficient (Wildman–Crippen LogP) is 2.10. The molecular weight excluding hydrogens is 326 g/mol. The maximum atomic E-state index is 12.0. The first kappa shape index (κ1) is 16.9. The van der Waals surface area contributed by atoms with E-state index in [9.17, 15) is 4.79 Å². The first-order chi connectivity index (χ1) is 11.7. The van der Waals surface area contributed by atoms with E-state index in [1.54, 1.807) is 11.0 Å². The van der Waals surface area contributed by atoms with E-state index >= 15 is 0 Å². The van der Waals surface area contributed by atoms with Gasteiger partial charge in [0.1, 0.15) is 12.7 Å². The van der Waals surface area contributed by atoms with Crippen molar-refractivity contribution in [2.24, 2.45) is 0 Å². The summed E-state index contributed by atoms with van der Waals surface area (Å²) in [5, 5.41) is 7.90. The van der Waals surface area contributed by atoms with Gasteiger partial charge < -0.3 is 5.32 Å². The third kappa shape index (κ3) is 5.04. The van der Waals surface area contributed by atoms with E-state index in [1.165, 1.54) is 11.9 Å². The van der Waals surface area contributed by atoms with Gasteiger partial charge >= 0.3 is 0 Å². The van der Waals surface area contributed by atoms with Gasteiger partial charge in [0.05, 0.1) is 6.54 Å². The molecule has 0 atom stereocenters. The minimum atomic E-state index is 0.0849. The number of hydrogen-bond donors (Lipinski definition) is 1. The summed E-state index contributed by atoms with van der Waals surface area (Å²) in [5.41, 5.74) is 1.27. The van der Waals surface area contributed by atoms with Gasteiger partial charge in [-0.15, -0.1) is 0 Å². The van der Waals surface area contributed by atoms with Crippen molar-refractivity contribution in [3.63, 3.8) is 0 Å². The van der Waals surface area contributed by atoms with Gasteiger partial charge in [-0.25, -0.2) is 4.98 Å². The van der Waals surface area contributed by atoms with E-state index in [1.807, 2.05) is 12.1 Å². The smallest absolute Gasteiger partial charge is 0.222 e. The highest BCUT2D eigenvalue weighted by Gasteiger charge is 2.20. The van der Waals surface area contributed by atoms with Crippen LogP contribution in [0.25, 0.3) is 0 Å². The molecule has 1 aliphatic heterocycles. The van der Waals surface area contributed by atoms with Crippen molar-refractivity contribution in [3.8, 4) is 0 Å². The van der Waals surface area contributed by atoms with E-state index in [2.05, 4.69) is 32.4 Å². The fourth-order valence-corrected chi connectivity index (χ4v) is 3.07. The highest BCUT2D eigenvalue weighted by atomic mass is 35.5. The number of likely N-dealkylation sites (tertiary alicyclic amines) is 1. The van der Waals surface area contributed by atoms with Crippen molar-refractivity contribution in [2.75, 3.05) is 13.1 Å². The van der Waals surface area contributed by atoms with Crippen molar-refractivity contribution in [2.45, 2.75) is 38.4 Å². The second kappa shape index (κ2) is 8.26. The van der Waals surface area contributed by atoms with Gasteiger partial charge in [-0.3, -0.25) is 14.4 Å². The van der Waals surface area contributed by atoms with Crippen LogP contribution in [-0.2, 0) is 17.9 Å². The van der Waals surface area contributed by atoms with Crippen LogP contribution in [0.3, 0.4) is 0 Å². The van der Waals surface area contributed by atoms with Gasteiger partial charge in [-0.05, 0) is 30.5 Å². The number of piperidine rings is 1. The first-order valence-corrected chi connectivity index (χ1v) is 8.65. The number of benzene rings is 1. The predicted molar refractivity (Wildman–Crippen MR) is 92.5 cm³/mol. The van der Waals surface area contributed by atoms with Crippen LogP contribution in [0.1, 0.15) is 24.8 Å². The minimum Gasteiger partial charge on any atom is -0.353 e. The van der Waals surface area contributed by atoms with Crippen molar-refractivity contribution < 1.29 is 4.79 Å². The number of halogens is 1. The van der Waals surface area contributed by atoms with Gasteiger partial charge in [0.15, 0.2) is 0 Å². The summed E-state index contributed by atoms with van der Waals surface area (Å²) in [4.78, 5) is 18.3. The molecule has 2 heterocycles. The summed E-state index contributed by atoms with van der Waals surface area (Å²) < 4.78 is 1.67. The fraction of sp³-hybridized carbons (Fsp3) is 0.471. The molecule has 7 heteroatoms. The molecule has 1 aromatic heterocycles.